The van der Waals surface area contributed by atoms with Crippen LogP contribution in [-0.4, -0.2) is 53.0 Å². The summed E-state index contributed by atoms with van der Waals surface area (Å²) in [6, 6.07) is 10.5. The topological polar surface area (TPSA) is 54.9 Å². The number of aryl methyl sites for hydroxylation is 1. The molecule has 0 bridgehead atoms. The van der Waals surface area contributed by atoms with Gasteiger partial charge in [0.2, 0.25) is 0 Å². The molecule has 0 atom stereocenters. The molecule has 1 rings (SSSR count). The lowest BCUT2D eigenvalue weighted by molar-refractivity contribution is 0.0698. The van der Waals surface area contributed by atoms with Crippen LogP contribution in [0.2, 0.25) is 0 Å². The highest BCUT2D eigenvalue weighted by atomic mass is 16.5. The molecule has 5 nitrogen and oxygen atoms in total. The first-order chi connectivity index (χ1) is 10.9. The Morgan fingerprint density at radius 3 is 2.41 bits per heavy atom. The molecule has 0 saturated carbocycles. The van der Waals surface area contributed by atoms with Gasteiger partial charge < -0.3 is 20.1 Å². The largest absolute Gasteiger partial charge is 0.382 e. The van der Waals surface area contributed by atoms with Crippen LogP contribution >= 0.6 is 0 Å². The van der Waals surface area contributed by atoms with Crippen molar-refractivity contribution < 1.29 is 9.47 Å². The van der Waals surface area contributed by atoms with Crippen molar-refractivity contribution in [3.63, 3.8) is 0 Å². The van der Waals surface area contributed by atoms with Gasteiger partial charge in [-0.15, -0.1) is 0 Å². The van der Waals surface area contributed by atoms with Gasteiger partial charge in [-0.1, -0.05) is 30.3 Å². The third-order valence-corrected chi connectivity index (χ3v) is 3.19. The fourth-order valence-electron chi connectivity index (χ4n) is 1.99. The fraction of sp³-hybridized carbons (Fsp3) is 0.588. The first-order valence-electron chi connectivity index (χ1n) is 7.92. The molecule has 0 aromatic heterocycles. The van der Waals surface area contributed by atoms with E-state index in [1.165, 1.54) is 5.56 Å². The maximum absolute atomic E-state index is 5.41. The Bertz CT molecular complexity index is 396. The zero-order valence-electron chi connectivity index (χ0n) is 13.8. The summed E-state index contributed by atoms with van der Waals surface area (Å²) < 4.78 is 10.3. The molecule has 1 aromatic rings. The molecular weight excluding hydrogens is 278 g/mol. The maximum atomic E-state index is 5.41. The van der Waals surface area contributed by atoms with E-state index in [0.717, 1.165) is 44.9 Å². The smallest absolute Gasteiger partial charge is 0.190 e. The van der Waals surface area contributed by atoms with E-state index in [9.17, 15) is 0 Å². The minimum atomic E-state index is 0.651. The SMILES string of the molecule is CN=C(NCCCOCCOC)NCCCc1ccccc1. The highest BCUT2D eigenvalue weighted by molar-refractivity contribution is 5.79. The van der Waals surface area contributed by atoms with Gasteiger partial charge in [0.25, 0.3) is 0 Å². The van der Waals surface area contributed by atoms with Crippen molar-refractivity contribution in [2.24, 2.45) is 4.99 Å². The molecule has 22 heavy (non-hydrogen) atoms. The summed E-state index contributed by atoms with van der Waals surface area (Å²) >= 11 is 0. The zero-order valence-corrected chi connectivity index (χ0v) is 13.8. The Labute approximate surface area is 134 Å². The monoisotopic (exact) mass is 307 g/mol. The summed E-state index contributed by atoms with van der Waals surface area (Å²) in [6.07, 6.45) is 3.12. The summed E-state index contributed by atoms with van der Waals surface area (Å²) in [4.78, 5) is 4.21. The zero-order chi connectivity index (χ0) is 15.9. The molecule has 0 fully saturated rings. The van der Waals surface area contributed by atoms with E-state index in [0.29, 0.717) is 13.2 Å². The number of ether oxygens (including phenoxy) is 2. The van der Waals surface area contributed by atoms with Gasteiger partial charge in [-0.3, -0.25) is 4.99 Å². The van der Waals surface area contributed by atoms with Gasteiger partial charge in [-0.25, -0.2) is 0 Å². The van der Waals surface area contributed by atoms with Crippen LogP contribution in [-0.2, 0) is 15.9 Å². The predicted molar refractivity (Wildman–Crippen MR) is 91.4 cm³/mol. The van der Waals surface area contributed by atoms with E-state index in [4.69, 9.17) is 9.47 Å². The lowest BCUT2D eigenvalue weighted by Crippen LogP contribution is -2.38. The maximum Gasteiger partial charge on any atom is 0.190 e. The molecule has 0 aliphatic carbocycles. The number of hydrogen-bond donors (Lipinski definition) is 2. The van der Waals surface area contributed by atoms with Crippen molar-refractivity contribution in [3.8, 4) is 0 Å². The van der Waals surface area contributed by atoms with E-state index < -0.39 is 0 Å². The molecule has 5 heteroatoms. The van der Waals surface area contributed by atoms with Gasteiger partial charge in [-0.2, -0.15) is 0 Å². The number of guanidine groups is 1. The van der Waals surface area contributed by atoms with Gasteiger partial charge in [0.15, 0.2) is 5.96 Å². The average Bonchev–Trinajstić information content (AvgIpc) is 2.57. The van der Waals surface area contributed by atoms with Crippen molar-refractivity contribution in [1.82, 2.24) is 10.6 Å². The summed E-state index contributed by atoms with van der Waals surface area (Å²) in [5, 5.41) is 6.62. The fourth-order valence-corrected chi connectivity index (χ4v) is 1.99. The summed E-state index contributed by atoms with van der Waals surface area (Å²) in [5.41, 5.74) is 1.38. The summed E-state index contributed by atoms with van der Waals surface area (Å²) in [7, 11) is 3.47. The number of benzene rings is 1. The van der Waals surface area contributed by atoms with E-state index in [1.807, 2.05) is 6.07 Å². The highest BCUT2D eigenvalue weighted by Gasteiger charge is 1.97. The minimum Gasteiger partial charge on any atom is -0.382 e. The highest BCUT2D eigenvalue weighted by Crippen LogP contribution is 2.01. The van der Waals surface area contributed by atoms with Crippen molar-refractivity contribution >= 4 is 5.96 Å². The van der Waals surface area contributed by atoms with E-state index in [-0.39, 0.29) is 0 Å². The van der Waals surface area contributed by atoms with Crippen LogP contribution in [0.5, 0.6) is 0 Å². The van der Waals surface area contributed by atoms with Gasteiger partial charge >= 0.3 is 0 Å². The number of methoxy groups -OCH3 is 1. The Kier molecular flexibility index (Phi) is 11.0. The molecule has 0 radical (unpaired) electrons. The lowest BCUT2D eigenvalue weighted by atomic mass is 10.1. The van der Waals surface area contributed by atoms with Crippen LogP contribution in [0, 0.1) is 0 Å². The van der Waals surface area contributed by atoms with Crippen LogP contribution in [0.4, 0.5) is 0 Å². The van der Waals surface area contributed by atoms with Crippen molar-refractivity contribution in [3.05, 3.63) is 35.9 Å². The standard InChI is InChI=1S/C17H29N3O2/c1-18-17(20-12-7-13-22-15-14-21-2)19-11-6-10-16-8-4-3-5-9-16/h3-5,8-9H,6-7,10-15H2,1-2H3,(H2,18,19,20). The molecule has 0 amide bonds. The molecule has 2 N–H and O–H groups in total. The Morgan fingerprint density at radius 2 is 1.73 bits per heavy atom. The molecule has 124 valence electrons. The van der Waals surface area contributed by atoms with Crippen LogP contribution in [0.25, 0.3) is 0 Å². The quantitative estimate of drug-likeness (QED) is 0.372. The normalized spacial score (nSPS) is 11.5. The van der Waals surface area contributed by atoms with Crippen molar-refractivity contribution in [1.29, 1.82) is 0 Å². The second-order valence-electron chi connectivity index (χ2n) is 4.97. The summed E-state index contributed by atoms with van der Waals surface area (Å²) in [6.45, 7) is 3.81. The van der Waals surface area contributed by atoms with Crippen LogP contribution in [0.3, 0.4) is 0 Å². The van der Waals surface area contributed by atoms with Crippen LogP contribution in [0.15, 0.2) is 35.3 Å². The van der Waals surface area contributed by atoms with E-state index in [1.54, 1.807) is 14.2 Å². The van der Waals surface area contributed by atoms with Crippen molar-refractivity contribution in [2.75, 3.05) is 47.1 Å². The number of aliphatic imine (C=N–C) groups is 1. The van der Waals surface area contributed by atoms with Crippen LogP contribution < -0.4 is 10.6 Å². The Hall–Kier alpha value is -1.59. The molecule has 0 aliphatic rings. The third kappa shape index (κ3) is 9.37. The van der Waals surface area contributed by atoms with Crippen LogP contribution in [0.1, 0.15) is 18.4 Å². The minimum absolute atomic E-state index is 0.651. The first kappa shape index (κ1) is 18.5. The second kappa shape index (κ2) is 13.1. The van der Waals surface area contributed by atoms with E-state index in [2.05, 4.69) is 39.9 Å². The van der Waals surface area contributed by atoms with Crippen molar-refractivity contribution in [2.45, 2.75) is 19.3 Å². The third-order valence-electron chi connectivity index (χ3n) is 3.19. The molecular formula is C17H29N3O2. The lowest BCUT2D eigenvalue weighted by Gasteiger charge is -2.12. The summed E-state index contributed by atoms with van der Waals surface area (Å²) in [5.74, 6) is 0.852. The molecule has 0 aliphatic heterocycles. The van der Waals surface area contributed by atoms with Gasteiger partial charge in [0, 0.05) is 33.9 Å². The molecule has 0 spiro atoms. The number of nitrogens with one attached hydrogen (secondary N) is 2. The molecule has 0 unspecified atom stereocenters. The number of rotatable bonds is 11. The number of hydrogen-bond acceptors (Lipinski definition) is 3. The average molecular weight is 307 g/mol. The molecule has 1 aromatic carbocycles. The first-order valence-corrected chi connectivity index (χ1v) is 7.92. The van der Waals surface area contributed by atoms with Gasteiger partial charge in [0.1, 0.15) is 0 Å². The number of nitrogens with zero attached hydrogens (tertiary/aromatic N) is 1. The Balaban J connectivity index is 2.00. The van der Waals surface area contributed by atoms with E-state index >= 15 is 0 Å². The van der Waals surface area contributed by atoms with Gasteiger partial charge in [0.05, 0.1) is 13.2 Å². The Morgan fingerprint density at radius 1 is 1.00 bits per heavy atom. The molecule has 0 heterocycles. The predicted octanol–water partition coefficient (Wildman–Crippen LogP) is 1.84. The molecule has 0 saturated heterocycles. The van der Waals surface area contributed by atoms with Gasteiger partial charge in [-0.05, 0) is 24.8 Å². The second-order valence-corrected chi connectivity index (χ2v) is 4.97.